The van der Waals surface area contributed by atoms with E-state index in [1.165, 1.54) is 26.0 Å². The zero-order chi connectivity index (χ0) is 28.0. The van der Waals surface area contributed by atoms with Gasteiger partial charge in [-0.05, 0) is 75.2 Å². The molecule has 208 valence electrons. The molecule has 0 unspecified atom stereocenters. The molecule has 0 amide bonds. The topological polar surface area (TPSA) is 119 Å². The molecular formula is C26H28F3N5O5. The first-order valence-corrected chi connectivity index (χ1v) is 12.2. The Morgan fingerprint density at radius 1 is 0.923 bits per heavy atom. The molecule has 13 heteroatoms. The van der Waals surface area contributed by atoms with E-state index in [1.807, 2.05) is 4.90 Å². The molecule has 1 saturated heterocycles. The standard InChI is InChI=1S/C26H28F3N5O5/c1-25(2,21(35)36)39-20-11-9-19(10-12-20)37-15-16-38-24-32-22(31-23(33-24)34-13-3-4-14-34)30-18-7-5-17(6-8-18)26(27,28)29/h5-12H,3-4,13-16H2,1-2H3,(H,35,36)(H,30,31,32,33). The van der Waals surface area contributed by atoms with Gasteiger partial charge in [-0.15, -0.1) is 0 Å². The lowest BCUT2D eigenvalue weighted by molar-refractivity contribution is -0.152. The number of benzene rings is 2. The van der Waals surface area contributed by atoms with E-state index >= 15 is 0 Å². The molecule has 2 heterocycles. The highest BCUT2D eigenvalue weighted by molar-refractivity contribution is 5.76. The number of aliphatic carboxylic acids is 1. The summed E-state index contributed by atoms with van der Waals surface area (Å²) in [6.07, 6.45) is -2.44. The molecule has 4 rings (SSSR count). The minimum Gasteiger partial charge on any atom is -0.490 e. The van der Waals surface area contributed by atoms with Crippen LogP contribution in [0.3, 0.4) is 0 Å². The van der Waals surface area contributed by atoms with Crippen LogP contribution in [0.4, 0.5) is 30.8 Å². The molecule has 0 aliphatic carbocycles. The number of anilines is 3. The Kier molecular flexibility index (Phi) is 8.27. The summed E-state index contributed by atoms with van der Waals surface area (Å²) in [7, 11) is 0. The summed E-state index contributed by atoms with van der Waals surface area (Å²) in [4.78, 5) is 26.2. The van der Waals surface area contributed by atoms with Gasteiger partial charge in [0.15, 0.2) is 5.60 Å². The molecule has 0 radical (unpaired) electrons. The van der Waals surface area contributed by atoms with Crippen molar-refractivity contribution in [2.45, 2.75) is 38.5 Å². The summed E-state index contributed by atoms with van der Waals surface area (Å²) in [6.45, 7) is 4.72. The summed E-state index contributed by atoms with van der Waals surface area (Å²) < 4.78 is 55.5. The van der Waals surface area contributed by atoms with Crippen molar-refractivity contribution < 1.29 is 37.3 Å². The highest BCUT2D eigenvalue weighted by atomic mass is 19.4. The monoisotopic (exact) mass is 547 g/mol. The van der Waals surface area contributed by atoms with Crippen LogP contribution in [0.2, 0.25) is 0 Å². The van der Waals surface area contributed by atoms with Crippen LogP contribution >= 0.6 is 0 Å². The lowest BCUT2D eigenvalue weighted by atomic mass is 10.1. The van der Waals surface area contributed by atoms with Gasteiger partial charge in [-0.1, -0.05) is 0 Å². The molecule has 3 aromatic rings. The van der Waals surface area contributed by atoms with Crippen LogP contribution in [0.25, 0.3) is 0 Å². The lowest BCUT2D eigenvalue weighted by Gasteiger charge is -2.21. The minimum absolute atomic E-state index is 0.0459. The fraction of sp³-hybridized carbons (Fsp3) is 0.385. The van der Waals surface area contributed by atoms with E-state index in [-0.39, 0.29) is 25.2 Å². The summed E-state index contributed by atoms with van der Waals surface area (Å²) in [5.41, 5.74) is -1.73. The third-order valence-corrected chi connectivity index (χ3v) is 5.76. The maximum absolute atomic E-state index is 12.9. The second-order valence-corrected chi connectivity index (χ2v) is 9.22. The Morgan fingerprint density at radius 3 is 2.15 bits per heavy atom. The first-order valence-electron chi connectivity index (χ1n) is 12.2. The van der Waals surface area contributed by atoms with Gasteiger partial charge in [0.2, 0.25) is 11.9 Å². The zero-order valence-electron chi connectivity index (χ0n) is 21.4. The van der Waals surface area contributed by atoms with Gasteiger partial charge in [0.25, 0.3) is 0 Å². The number of hydrogen-bond acceptors (Lipinski definition) is 9. The molecule has 2 aromatic carbocycles. The van der Waals surface area contributed by atoms with Crippen molar-refractivity contribution >= 4 is 23.6 Å². The predicted molar refractivity (Wildman–Crippen MR) is 136 cm³/mol. The van der Waals surface area contributed by atoms with Gasteiger partial charge in [-0.25, -0.2) is 4.79 Å². The number of nitrogens with one attached hydrogen (secondary N) is 1. The molecule has 39 heavy (non-hydrogen) atoms. The highest BCUT2D eigenvalue weighted by Crippen LogP contribution is 2.30. The van der Waals surface area contributed by atoms with Gasteiger partial charge in [0.05, 0.1) is 5.56 Å². The average molecular weight is 548 g/mol. The fourth-order valence-corrected chi connectivity index (χ4v) is 3.63. The first kappa shape index (κ1) is 27.7. The van der Waals surface area contributed by atoms with Gasteiger partial charge < -0.3 is 29.5 Å². The lowest BCUT2D eigenvalue weighted by Crippen LogP contribution is -2.37. The van der Waals surface area contributed by atoms with Crippen LogP contribution in [-0.4, -0.2) is 57.9 Å². The summed E-state index contributed by atoms with van der Waals surface area (Å²) in [5.74, 6) is 0.384. The summed E-state index contributed by atoms with van der Waals surface area (Å²) >= 11 is 0. The highest BCUT2D eigenvalue weighted by Gasteiger charge is 2.30. The number of aromatic nitrogens is 3. The Balaban J connectivity index is 1.37. The summed E-state index contributed by atoms with van der Waals surface area (Å²) in [6, 6.07) is 11.1. The predicted octanol–water partition coefficient (Wildman–Crippen LogP) is 4.93. The Bertz CT molecular complexity index is 1260. The summed E-state index contributed by atoms with van der Waals surface area (Å²) in [5, 5.41) is 12.1. The van der Waals surface area contributed by atoms with Crippen molar-refractivity contribution in [2.24, 2.45) is 0 Å². The minimum atomic E-state index is -4.43. The van der Waals surface area contributed by atoms with E-state index in [0.717, 1.165) is 38.1 Å². The second-order valence-electron chi connectivity index (χ2n) is 9.22. The van der Waals surface area contributed by atoms with Crippen molar-refractivity contribution in [1.29, 1.82) is 0 Å². The normalized spacial score (nSPS) is 13.7. The second kappa shape index (κ2) is 11.6. The Labute approximate surface area is 222 Å². The van der Waals surface area contributed by atoms with Gasteiger partial charge >= 0.3 is 18.2 Å². The van der Waals surface area contributed by atoms with Crippen LogP contribution in [-0.2, 0) is 11.0 Å². The van der Waals surface area contributed by atoms with Crippen molar-refractivity contribution in [1.82, 2.24) is 15.0 Å². The molecule has 1 aliphatic rings. The van der Waals surface area contributed by atoms with Crippen LogP contribution < -0.4 is 24.4 Å². The van der Waals surface area contributed by atoms with Crippen molar-refractivity contribution in [3.05, 3.63) is 54.1 Å². The van der Waals surface area contributed by atoms with Crippen molar-refractivity contribution in [3.8, 4) is 17.5 Å². The van der Waals surface area contributed by atoms with E-state index in [1.54, 1.807) is 24.3 Å². The third kappa shape index (κ3) is 7.62. The molecule has 2 N–H and O–H groups in total. The van der Waals surface area contributed by atoms with E-state index in [9.17, 15) is 23.1 Å². The van der Waals surface area contributed by atoms with Crippen LogP contribution in [0, 0.1) is 0 Å². The molecule has 0 atom stereocenters. The molecule has 0 saturated carbocycles. The van der Waals surface area contributed by atoms with Crippen LogP contribution in [0.15, 0.2) is 48.5 Å². The number of rotatable bonds is 11. The number of nitrogens with zero attached hydrogens (tertiary/aromatic N) is 4. The fourth-order valence-electron chi connectivity index (χ4n) is 3.63. The molecule has 1 aliphatic heterocycles. The molecule has 0 bridgehead atoms. The van der Waals surface area contributed by atoms with E-state index in [2.05, 4.69) is 20.3 Å². The van der Waals surface area contributed by atoms with Crippen LogP contribution in [0.1, 0.15) is 32.3 Å². The molecular weight excluding hydrogens is 519 g/mol. The van der Waals surface area contributed by atoms with Crippen molar-refractivity contribution in [2.75, 3.05) is 36.5 Å². The number of carbonyl (C=O) groups is 1. The van der Waals surface area contributed by atoms with E-state index in [0.29, 0.717) is 23.1 Å². The quantitative estimate of drug-likeness (QED) is 0.320. The average Bonchev–Trinajstić information content (AvgIpc) is 3.42. The number of carboxylic acids is 1. The SMILES string of the molecule is CC(C)(Oc1ccc(OCCOc2nc(Nc3ccc(C(F)(F)F)cc3)nc(N3CCCC3)n2)cc1)C(=O)O. The number of ether oxygens (including phenoxy) is 3. The smallest absolute Gasteiger partial charge is 0.416 e. The zero-order valence-corrected chi connectivity index (χ0v) is 21.4. The van der Waals surface area contributed by atoms with Gasteiger partial charge in [-0.2, -0.15) is 28.1 Å². The van der Waals surface area contributed by atoms with Crippen molar-refractivity contribution in [3.63, 3.8) is 0 Å². The maximum Gasteiger partial charge on any atom is 0.416 e. The largest absolute Gasteiger partial charge is 0.490 e. The first-order chi connectivity index (χ1) is 18.5. The van der Waals surface area contributed by atoms with E-state index in [4.69, 9.17) is 14.2 Å². The number of alkyl halides is 3. The van der Waals surface area contributed by atoms with Gasteiger partial charge in [-0.3, -0.25) is 0 Å². The molecule has 1 fully saturated rings. The Morgan fingerprint density at radius 2 is 1.54 bits per heavy atom. The van der Waals surface area contributed by atoms with Gasteiger partial charge in [0.1, 0.15) is 24.7 Å². The molecule has 10 nitrogen and oxygen atoms in total. The number of hydrogen-bond donors (Lipinski definition) is 2. The number of halogens is 3. The van der Waals surface area contributed by atoms with E-state index < -0.39 is 23.3 Å². The molecule has 1 aromatic heterocycles. The van der Waals surface area contributed by atoms with Gasteiger partial charge in [0, 0.05) is 18.8 Å². The molecule has 0 spiro atoms. The number of carboxylic acid groups (broad SMARTS) is 1. The third-order valence-electron chi connectivity index (χ3n) is 5.76. The maximum atomic E-state index is 12.9. The Hall–Kier alpha value is -4.29. The van der Waals surface area contributed by atoms with Crippen LogP contribution in [0.5, 0.6) is 17.5 Å².